The lowest BCUT2D eigenvalue weighted by atomic mass is 10.0. The summed E-state index contributed by atoms with van der Waals surface area (Å²) in [5.41, 5.74) is 16.5. The molecule has 0 aliphatic rings. The topological polar surface area (TPSA) is 35.6 Å². The number of nitrogens with zero attached hydrogens (tertiary/aromatic N) is 4. The maximum atomic E-state index is 5.16. The highest BCUT2D eigenvalue weighted by atomic mass is 15.0. The van der Waals surface area contributed by atoms with E-state index in [4.69, 9.17) is 9.97 Å². The van der Waals surface area contributed by atoms with E-state index in [0.29, 0.717) is 5.82 Å². The van der Waals surface area contributed by atoms with Crippen molar-refractivity contribution >= 4 is 43.6 Å². The predicted octanol–water partition coefficient (Wildman–Crippen LogP) is 15.0. The highest BCUT2D eigenvalue weighted by molar-refractivity contribution is 6.12. The van der Waals surface area contributed by atoms with E-state index in [-0.39, 0.29) is 0 Å². The van der Waals surface area contributed by atoms with Crippen LogP contribution in [0.5, 0.6) is 0 Å². The third-order valence-corrected chi connectivity index (χ3v) is 12.1. The molecular weight excluding hydrogens is 753 g/mol. The Bertz CT molecular complexity index is 3560. The molecule has 0 amide bonds. The maximum Gasteiger partial charge on any atom is 0.160 e. The van der Waals surface area contributed by atoms with Crippen molar-refractivity contribution in [2.45, 2.75) is 0 Å². The van der Waals surface area contributed by atoms with Crippen LogP contribution in [0.15, 0.2) is 231 Å². The number of hydrogen-bond donors (Lipinski definition) is 0. The van der Waals surface area contributed by atoms with Gasteiger partial charge in [-0.15, -0.1) is 0 Å². The Morgan fingerprint density at radius 1 is 0.242 bits per heavy atom. The van der Waals surface area contributed by atoms with Gasteiger partial charge in [-0.25, -0.2) is 9.97 Å². The zero-order valence-electron chi connectivity index (χ0n) is 33.7. The van der Waals surface area contributed by atoms with Crippen LogP contribution in [0.3, 0.4) is 0 Å². The van der Waals surface area contributed by atoms with E-state index < -0.39 is 0 Å². The molecule has 0 atom stereocenters. The van der Waals surface area contributed by atoms with Crippen molar-refractivity contribution in [1.82, 2.24) is 19.1 Å². The van der Waals surface area contributed by atoms with E-state index in [9.17, 15) is 0 Å². The standard InChI is InChI=1S/C58H38N4/c1-4-16-39(17-5-1)42-22-14-24-46(34-42)61-55-29-13-11-27-49(55)51-36-43(31-33-56(51)61)44-30-32-50-48-26-10-12-28-54(48)62(57(50)37-44)47-25-15-23-45(35-47)53-38-52(40-18-6-2-7-19-40)59-58(60-53)41-20-8-3-9-21-41/h1-38H. The van der Waals surface area contributed by atoms with Gasteiger partial charge >= 0.3 is 0 Å². The highest BCUT2D eigenvalue weighted by Crippen LogP contribution is 2.39. The first-order valence-electron chi connectivity index (χ1n) is 21.1. The summed E-state index contributed by atoms with van der Waals surface area (Å²) >= 11 is 0. The van der Waals surface area contributed by atoms with Crippen LogP contribution in [0.2, 0.25) is 0 Å². The van der Waals surface area contributed by atoms with Crippen LogP contribution in [0, 0.1) is 0 Å². The lowest BCUT2D eigenvalue weighted by Gasteiger charge is -2.13. The zero-order valence-corrected chi connectivity index (χ0v) is 33.7. The van der Waals surface area contributed by atoms with Crippen molar-refractivity contribution in [3.8, 4) is 67.5 Å². The van der Waals surface area contributed by atoms with Gasteiger partial charge in [0.05, 0.1) is 33.5 Å². The molecule has 12 aromatic rings. The molecule has 0 N–H and O–H groups in total. The summed E-state index contributed by atoms with van der Waals surface area (Å²) in [7, 11) is 0. The van der Waals surface area contributed by atoms with Crippen LogP contribution in [0.1, 0.15) is 0 Å². The van der Waals surface area contributed by atoms with Gasteiger partial charge in [0.25, 0.3) is 0 Å². The summed E-state index contributed by atoms with van der Waals surface area (Å²) in [4.78, 5) is 10.2. The molecule has 290 valence electrons. The van der Waals surface area contributed by atoms with Crippen LogP contribution in [-0.4, -0.2) is 19.1 Å². The van der Waals surface area contributed by atoms with Gasteiger partial charge in [0.15, 0.2) is 5.82 Å². The lowest BCUT2D eigenvalue weighted by molar-refractivity contribution is 1.16. The first kappa shape index (κ1) is 35.6. The number of rotatable bonds is 7. The second-order valence-electron chi connectivity index (χ2n) is 15.8. The minimum atomic E-state index is 0.703. The number of hydrogen-bond acceptors (Lipinski definition) is 2. The number of aromatic nitrogens is 4. The summed E-state index contributed by atoms with van der Waals surface area (Å²) < 4.78 is 4.80. The molecule has 0 unspecified atom stereocenters. The molecule has 0 aliphatic carbocycles. The van der Waals surface area contributed by atoms with Gasteiger partial charge in [-0.3, -0.25) is 0 Å². The molecule has 0 spiro atoms. The fourth-order valence-electron chi connectivity index (χ4n) is 9.19. The average Bonchev–Trinajstić information content (AvgIpc) is 3.87. The summed E-state index contributed by atoms with van der Waals surface area (Å²) in [5.74, 6) is 0.703. The lowest BCUT2D eigenvalue weighted by Crippen LogP contribution is -1.98. The first-order chi connectivity index (χ1) is 30.7. The Morgan fingerprint density at radius 3 is 1.39 bits per heavy atom. The Morgan fingerprint density at radius 2 is 0.694 bits per heavy atom. The zero-order chi connectivity index (χ0) is 41.0. The molecule has 9 aromatic carbocycles. The van der Waals surface area contributed by atoms with E-state index in [0.717, 1.165) is 50.5 Å². The van der Waals surface area contributed by atoms with Crippen molar-refractivity contribution in [2.24, 2.45) is 0 Å². The van der Waals surface area contributed by atoms with Crippen LogP contribution >= 0.6 is 0 Å². The molecule has 0 saturated carbocycles. The van der Waals surface area contributed by atoms with E-state index in [1.54, 1.807) is 0 Å². The second kappa shape index (κ2) is 14.7. The second-order valence-corrected chi connectivity index (χ2v) is 15.8. The van der Waals surface area contributed by atoms with E-state index in [1.807, 2.05) is 24.3 Å². The number of para-hydroxylation sites is 2. The molecule has 3 heterocycles. The molecule has 3 aromatic heterocycles. The molecular formula is C58H38N4. The normalized spacial score (nSPS) is 11.5. The molecule has 0 saturated heterocycles. The van der Waals surface area contributed by atoms with Crippen molar-refractivity contribution in [1.29, 1.82) is 0 Å². The summed E-state index contributed by atoms with van der Waals surface area (Å²) in [5, 5.41) is 4.89. The van der Waals surface area contributed by atoms with Crippen LogP contribution in [0.4, 0.5) is 0 Å². The van der Waals surface area contributed by atoms with Gasteiger partial charge < -0.3 is 9.13 Å². The monoisotopic (exact) mass is 790 g/mol. The molecule has 0 bridgehead atoms. The predicted molar refractivity (Wildman–Crippen MR) is 258 cm³/mol. The average molecular weight is 791 g/mol. The van der Waals surface area contributed by atoms with E-state index in [1.165, 1.54) is 54.8 Å². The van der Waals surface area contributed by atoms with Crippen molar-refractivity contribution in [3.05, 3.63) is 231 Å². The van der Waals surface area contributed by atoms with Crippen LogP contribution in [0.25, 0.3) is 111 Å². The molecule has 0 radical (unpaired) electrons. The largest absolute Gasteiger partial charge is 0.309 e. The summed E-state index contributed by atoms with van der Waals surface area (Å²) in [6.45, 7) is 0. The molecule has 62 heavy (non-hydrogen) atoms. The Labute approximate surface area is 359 Å². The van der Waals surface area contributed by atoms with Crippen molar-refractivity contribution in [3.63, 3.8) is 0 Å². The van der Waals surface area contributed by atoms with Crippen LogP contribution in [-0.2, 0) is 0 Å². The molecule has 4 nitrogen and oxygen atoms in total. The van der Waals surface area contributed by atoms with Crippen LogP contribution < -0.4 is 0 Å². The third-order valence-electron chi connectivity index (χ3n) is 12.1. The quantitative estimate of drug-likeness (QED) is 0.161. The first-order valence-corrected chi connectivity index (χ1v) is 21.1. The summed E-state index contributed by atoms with van der Waals surface area (Å²) in [6.07, 6.45) is 0. The van der Waals surface area contributed by atoms with Gasteiger partial charge in [0.2, 0.25) is 0 Å². The minimum Gasteiger partial charge on any atom is -0.309 e. The Balaban J connectivity index is 0.996. The minimum absolute atomic E-state index is 0.703. The molecule has 12 rings (SSSR count). The van der Waals surface area contributed by atoms with Crippen molar-refractivity contribution in [2.75, 3.05) is 0 Å². The fourth-order valence-corrected chi connectivity index (χ4v) is 9.19. The highest BCUT2D eigenvalue weighted by Gasteiger charge is 2.18. The van der Waals surface area contributed by atoms with Gasteiger partial charge in [0.1, 0.15) is 0 Å². The molecule has 0 aliphatic heterocycles. The fraction of sp³-hybridized carbons (Fsp3) is 0. The van der Waals surface area contributed by atoms with Crippen molar-refractivity contribution < 1.29 is 0 Å². The summed E-state index contributed by atoms with van der Waals surface area (Å²) in [6, 6.07) is 82.2. The van der Waals surface area contributed by atoms with Gasteiger partial charge in [-0.05, 0) is 82.9 Å². The third kappa shape index (κ3) is 6.08. The molecule has 4 heteroatoms. The Kier molecular flexibility index (Phi) is 8.46. The maximum absolute atomic E-state index is 5.16. The van der Waals surface area contributed by atoms with E-state index >= 15 is 0 Å². The number of fused-ring (bicyclic) bond motifs is 6. The SMILES string of the molecule is c1ccc(-c2cccc(-n3c4ccccc4c4cc(-c5ccc6c7ccccc7n(-c7cccc(-c8cc(-c9ccccc9)nc(-c9ccccc9)n8)c7)c6c5)ccc43)c2)cc1. The van der Waals surface area contributed by atoms with Gasteiger partial charge in [0, 0.05) is 49.6 Å². The van der Waals surface area contributed by atoms with E-state index in [2.05, 4.69) is 215 Å². The number of benzene rings is 9. The molecule has 0 fully saturated rings. The van der Waals surface area contributed by atoms with Gasteiger partial charge in [-0.1, -0.05) is 170 Å². The smallest absolute Gasteiger partial charge is 0.160 e. The Hall–Kier alpha value is -8.34. The van der Waals surface area contributed by atoms with Gasteiger partial charge in [-0.2, -0.15) is 0 Å².